The van der Waals surface area contributed by atoms with Crippen molar-refractivity contribution in [3.8, 4) is 34.2 Å². The highest BCUT2D eigenvalue weighted by molar-refractivity contribution is 6.93. The van der Waals surface area contributed by atoms with E-state index in [-0.39, 0.29) is 0 Å². The monoisotopic (exact) mass is 597 g/mol. The van der Waals surface area contributed by atoms with E-state index in [4.69, 9.17) is 35.9 Å². The molecule has 0 bridgehead atoms. The second kappa shape index (κ2) is 12.9. The van der Waals surface area contributed by atoms with Crippen LogP contribution in [0.1, 0.15) is 54.0 Å². The maximum atomic E-state index is 11.1. The van der Waals surface area contributed by atoms with Crippen molar-refractivity contribution in [2.24, 2.45) is 0 Å². The first-order chi connectivity index (χ1) is 20.1. The van der Waals surface area contributed by atoms with E-state index < -0.39 is 22.4 Å². The predicted octanol–water partition coefficient (Wildman–Crippen LogP) is 6.33. The summed E-state index contributed by atoms with van der Waals surface area (Å²) in [6.45, 7) is 12.2. The van der Waals surface area contributed by atoms with Gasteiger partial charge in [0.1, 0.15) is 0 Å². The molecule has 2 N–H and O–H groups in total. The Labute approximate surface area is 261 Å². The van der Waals surface area contributed by atoms with Gasteiger partial charge in [-0.15, -0.1) is 0 Å². The summed E-state index contributed by atoms with van der Waals surface area (Å²) in [5.74, 6) is 1.62. The molecule has 0 fully saturated rings. The van der Waals surface area contributed by atoms with Crippen molar-refractivity contribution >= 4 is 26.3 Å². The Morgan fingerprint density at radius 1 is 0.628 bits per heavy atom. The molecule has 0 spiro atoms. The molecule has 4 aromatic rings. The molecule has 10 heteroatoms. The minimum atomic E-state index is -1.21. The normalized spacial score (nSPS) is 13.8. The molecule has 1 unspecified atom stereocenters. The van der Waals surface area contributed by atoms with Crippen LogP contribution >= 0.6 is 11.6 Å². The second-order valence-electron chi connectivity index (χ2n) is 12.4. The lowest BCUT2D eigenvalue weighted by Gasteiger charge is -2.42. The minimum absolute atomic E-state index is 0.379. The number of nitrogens with zero attached hydrogens (tertiary/aromatic N) is 3. The van der Waals surface area contributed by atoms with Crippen LogP contribution in [0, 0.1) is 0 Å². The number of halogens is 1. The topological polar surface area (TPSA) is 97.6 Å². The maximum Gasteiger partial charge on any atom is 0.283 e. The van der Waals surface area contributed by atoms with E-state index in [1.54, 1.807) is 41.5 Å². The van der Waals surface area contributed by atoms with Crippen LogP contribution < -0.4 is 0 Å². The summed E-state index contributed by atoms with van der Waals surface area (Å²) in [6.07, 6.45) is 0.379. The van der Waals surface area contributed by atoms with E-state index in [0.29, 0.717) is 28.9 Å². The van der Waals surface area contributed by atoms with Crippen molar-refractivity contribution in [2.45, 2.75) is 77.3 Å². The largest absolute Gasteiger partial charge is 0.440 e. The van der Waals surface area contributed by atoms with Crippen LogP contribution in [0.3, 0.4) is 0 Å². The van der Waals surface area contributed by atoms with E-state index >= 15 is 0 Å². The zero-order chi connectivity index (χ0) is 31.5. The van der Waals surface area contributed by atoms with Gasteiger partial charge in [0.15, 0.2) is 17.5 Å². The van der Waals surface area contributed by atoms with Gasteiger partial charge in [-0.25, -0.2) is 15.0 Å². The molecule has 0 saturated carbocycles. The first-order valence-electron chi connectivity index (χ1n) is 14.2. The number of aromatic nitrogens is 3. The van der Waals surface area contributed by atoms with E-state index in [2.05, 4.69) is 0 Å². The van der Waals surface area contributed by atoms with Crippen molar-refractivity contribution in [1.82, 2.24) is 15.0 Å². The highest BCUT2D eigenvalue weighted by Gasteiger charge is 2.41. The smallest absolute Gasteiger partial charge is 0.283 e. The van der Waals surface area contributed by atoms with Crippen LogP contribution in [-0.2, 0) is 15.7 Å². The van der Waals surface area contributed by atoms with Crippen molar-refractivity contribution in [1.29, 1.82) is 0 Å². The van der Waals surface area contributed by atoms with Crippen LogP contribution in [0.2, 0.25) is 5.02 Å². The van der Waals surface area contributed by atoms with Gasteiger partial charge in [0, 0.05) is 28.1 Å². The summed E-state index contributed by atoms with van der Waals surface area (Å²) in [6, 6.07) is 25.0. The standard InChI is InChI=1S/C33H38B2ClN3O4/c1-30(2,40)32(5,6)42-34-35-43-33(7,31(3,4)41)21-22-12-11-15-25(20-22)29-38-27(23-13-9-8-10-14-23)37-28(39-29)24-16-18-26(36)19-17-24/h8-20,40-41H,21H2,1-7H3. The van der Waals surface area contributed by atoms with E-state index in [0.717, 1.165) is 22.3 Å². The molecule has 0 aliphatic heterocycles. The molecule has 3 aromatic carbocycles. The molecule has 7 nitrogen and oxygen atoms in total. The summed E-state index contributed by atoms with van der Waals surface area (Å²) in [7, 11) is 2.83. The highest BCUT2D eigenvalue weighted by Crippen LogP contribution is 2.32. The number of hydrogen-bond acceptors (Lipinski definition) is 7. The first kappa shape index (κ1) is 32.8. The van der Waals surface area contributed by atoms with Crippen molar-refractivity contribution in [2.75, 3.05) is 0 Å². The van der Waals surface area contributed by atoms with Gasteiger partial charge in [0.05, 0.1) is 22.4 Å². The fourth-order valence-electron chi connectivity index (χ4n) is 4.08. The lowest BCUT2D eigenvalue weighted by Crippen LogP contribution is -2.53. The van der Waals surface area contributed by atoms with Crippen LogP contribution in [0.5, 0.6) is 0 Å². The lowest BCUT2D eigenvalue weighted by atomic mass is 9.62. The van der Waals surface area contributed by atoms with Crippen molar-refractivity contribution in [3.05, 3.63) is 89.4 Å². The Kier molecular flexibility index (Phi) is 9.84. The molecule has 0 aliphatic carbocycles. The van der Waals surface area contributed by atoms with Gasteiger partial charge in [-0.1, -0.05) is 60.1 Å². The molecular formula is C33H38B2ClN3O4. The maximum absolute atomic E-state index is 11.1. The minimum Gasteiger partial charge on any atom is -0.440 e. The molecule has 1 atom stereocenters. The van der Waals surface area contributed by atoms with Gasteiger partial charge in [0.25, 0.3) is 14.7 Å². The molecule has 1 heterocycles. The first-order valence-corrected chi connectivity index (χ1v) is 14.6. The van der Waals surface area contributed by atoms with Crippen LogP contribution in [0.15, 0.2) is 78.9 Å². The fourth-order valence-corrected chi connectivity index (χ4v) is 4.21. The van der Waals surface area contributed by atoms with Gasteiger partial charge in [-0.2, -0.15) is 0 Å². The zero-order valence-corrected chi connectivity index (χ0v) is 26.6. The number of hydrogen-bond donors (Lipinski definition) is 2. The van der Waals surface area contributed by atoms with Gasteiger partial charge >= 0.3 is 0 Å². The van der Waals surface area contributed by atoms with Gasteiger partial charge in [0.2, 0.25) is 0 Å². The van der Waals surface area contributed by atoms with Crippen LogP contribution in [0.4, 0.5) is 0 Å². The molecular weight excluding hydrogens is 559 g/mol. The molecule has 0 amide bonds. The van der Waals surface area contributed by atoms with Crippen molar-refractivity contribution in [3.63, 3.8) is 0 Å². The molecule has 0 saturated heterocycles. The molecule has 4 rings (SSSR count). The Morgan fingerprint density at radius 3 is 1.70 bits per heavy atom. The SMILES string of the molecule is CC(C)(O)C(C)(C)O[B][B]OC(C)(Cc1cccc(-c2nc(-c3ccccc3)nc(-c3ccc(Cl)cc3)n2)c1)C(C)(C)O. The lowest BCUT2D eigenvalue weighted by molar-refractivity contribution is -0.103. The molecule has 2 radical (unpaired) electrons. The van der Waals surface area contributed by atoms with Gasteiger partial charge in [-0.3, -0.25) is 0 Å². The summed E-state index contributed by atoms with van der Waals surface area (Å²) < 4.78 is 11.9. The average Bonchev–Trinajstić information content (AvgIpc) is 2.95. The van der Waals surface area contributed by atoms with E-state index in [1.165, 1.54) is 14.7 Å². The summed E-state index contributed by atoms with van der Waals surface area (Å²) in [4.78, 5) is 14.4. The molecule has 43 heavy (non-hydrogen) atoms. The second-order valence-corrected chi connectivity index (χ2v) is 12.9. The third kappa shape index (κ3) is 8.11. The Balaban J connectivity index is 1.63. The Hall–Kier alpha value is -3.07. The predicted molar refractivity (Wildman–Crippen MR) is 174 cm³/mol. The van der Waals surface area contributed by atoms with E-state index in [1.807, 2.05) is 85.8 Å². The number of rotatable bonds is 12. The summed E-state index contributed by atoms with van der Waals surface area (Å²) >= 11 is 6.13. The fraction of sp³-hybridized carbons (Fsp3) is 0.364. The molecule has 222 valence electrons. The Bertz CT molecular complexity index is 1520. The highest BCUT2D eigenvalue weighted by atomic mass is 35.5. The molecule has 0 aliphatic rings. The zero-order valence-electron chi connectivity index (χ0n) is 25.8. The third-order valence-corrected chi connectivity index (χ3v) is 8.26. The third-order valence-electron chi connectivity index (χ3n) is 8.01. The van der Waals surface area contributed by atoms with Crippen LogP contribution in [-0.4, -0.2) is 62.3 Å². The average molecular weight is 598 g/mol. The summed E-state index contributed by atoms with van der Waals surface area (Å²) in [5, 5.41) is 22.1. The Morgan fingerprint density at radius 2 is 1.14 bits per heavy atom. The summed E-state index contributed by atoms with van der Waals surface area (Å²) in [5.41, 5.74) is -0.727. The van der Waals surface area contributed by atoms with Crippen molar-refractivity contribution < 1.29 is 19.5 Å². The number of benzene rings is 3. The van der Waals surface area contributed by atoms with Gasteiger partial charge < -0.3 is 19.5 Å². The molecule has 1 aromatic heterocycles. The van der Waals surface area contributed by atoms with Crippen LogP contribution in [0.25, 0.3) is 34.2 Å². The quantitative estimate of drug-likeness (QED) is 0.145. The number of aliphatic hydroxyl groups is 2. The van der Waals surface area contributed by atoms with Gasteiger partial charge in [-0.05, 0) is 84.4 Å². The van der Waals surface area contributed by atoms with E-state index in [9.17, 15) is 10.2 Å².